The lowest BCUT2D eigenvalue weighted by molar-refractivity contribution is -0.172. The molecule has 0 aliphatic rings. The third kappa shape index (κ3) is 4.47. The molecule has 0 fully saturated rings. The Balaban J connectivity index is 2.00. The normalized spacial score (nSPS) is 11.9. The second-order valence-electron chi connectivity index (χ2n) is 6.39. The van der Waals surface area contributed by atoms with Crippen LogP contribution < -0.4 is 5.32 Å². The van der Waals surface area contributed by atoms with Gasteiger partial charge in [0.25, 0.3) is 5.91 Å². The number of ether oxygens (including phenoxy) is 1. The largest absolute Gasteiger partial charge is 0.461 e. The van der Waals surface area contributed by atoms with Gasteiger partial charge in [-0.05, 0) is 43.3 Å². The highest BCUT2D eigenvalue weighted by atomic mass is 19.4. The van der Waals surface area contributed by atoms with E-state index in [1.54, 1.807) is 0 Å². The van der Waals surface area contributed by atoms with Crippen LogP contribution in [-0.2, 0) is 21.6 Å². The molecule has 0 bridgehead atoms. The molecule has 3 aromatic rings. The van der Waals surface area contributed by atoms with E-state index in [1.807, 2.05) is 0 Å². The summed E-state index contributed by atoms with van der Waals surface area (Å²) in [4.78, 5) is 28.2. The molecular formula is C21H15F5N2O3. The zero-order valence-electron chi connectivity index (χ0n) is 16.0. The summed E-state index contributed by atoms with van der Waals surface area (Å²) in [6.07, 6.45) is -3.35. The van der Waals surface area contributed by atoms with Crippen molar-refractivity contribution < 1.29 is 36.3 Å². The Kier molecular flexibility index (Phi) is 5.92. The molecule has 1 heterocycles. The molecule has 0 aliphatic heterocycles. The minimum atomic E-state index is -4.63. The molecule has 31 heavy (non-hydrogen) atoms. The maximum absolute atomic E-state index is 14.6. The van der Waals surface area contributed by atoms with Gasteiger partial charge in [0.1, 0.15) is 0 Å². The predicted molar refractivity (Wildman–Crippen MR) is 102 cm³/mol. The topological polar surface area (TPSA) is 68.3 Å². The van der Waals surface area contributed by atoms with Gasteiger partial charge < -0.3 is 10.1 Å². The van der Waals surface area contributed by atoms with Crippen LogP contribution in [0.25, 0.3) is 10.9 Å². The van der Waals surface area contributed by atoms with Crippen molar-refractivity contribution >= 4 is 28.5 Å². The number of nitrogens with one attached hydrogen (secondary N) is 1. The van der Waals surface area contributed by atoms with E-state index in [9.17, 15) is 31.5 Å². The second-order valence-corrected chi connectivity index (χ2v) is 6.39. The van der Waals surface area contributed by atoms with E-state index in [0.717, 1.165) is 24.3 Å². The summed E-state index contributed by atoms with van der Waals surface area (Å²) in [7, 11) is 0. The number of benzene rings is 2. The molecular weight excluding hydrogens is 423 g/mol. The Labute approximate surface area is 172 Å². The number of hydrogen-bond acceptors (Lipinski definition) is 4. The number of amides is 1. The lowest BCUT2D eigenvalue weighted by atomic mass is 10.0. The van der Waals surface area contributed by atoms with E-state index in [1.165, 1.54) is 31.3 Å². The number of alkyl halides is 5. The van der Waals surface area contributed by atoms with Gasteiger partial charge >= 0.3 is 18.1 Å². The smallest absolute Gasteiger partial charge is 0.416 e. The van der Waals surface area contributed by atoms with Crippen LogP contribution in [-0.4, -0.2) is 23.5 Å². The zero-order chi connectivity index (χ0) is 22.8. The number of fused-ring (bicyclic) bond motifs is 1. The molecule has 0 saturated carbocycles. The third-order valence-electron chi connectivity index (χ3n) is 4.34. The Morgan fingerprint density at radius 1 is 1.03 bits per heavy atom. The average Bonchev–Trinajstić information content (AvgIpc) is 2.73. The highest BCUT2D eigenvalue weighted by molar-refractivity contribution is 6.09. The van der Waals surface area contributed by atoms with Crippen LogP contribution in [0.3, 0.4) is 0 Å². The van der Waals surface area contributed by atoms with E-state index >= 15 is 0 Å². The molecule has 1 N–H and O–H groups in total. The number of rotatable bonds is 5. The molecule has 0 aliphatic carbocycles. The number of carbonyl (C=O) groups is 2. The molecule has 0 spiro atoms. The molecule has 0 atom stereocenters. The van der Waals surface area contributed by atoms with Crippen molar-refractivity contribution in [2.75, 3.05) is 11.9 Å². The summed E-state index contributed by atoms with van der Waals surface area (Å²) in [5, 5.41) is 2.26. The number of aromatic nitrogens is 1. The van der Waals surface area contributed by atoms with Gasteiger partial charge in [-0.25, -0.2) is 4.79 Å². The van der Waals surface area contributed by atoms with Crippen LogP contribution in [0.15, 0.2) is 54.7 Å². The Bertz CT molecular complexity index is 1150. The first-order chi connectivity index (χ1) is 14.6. The number of halogens is 5. The number of esters is 1. The first kappa shape index (κ1) is 22.1. The van der Waals surface area contributed by atoms with E-state index in [2.05, 4.69) is 15.0 Å². The first-order valence-electron chi connectivity index (χ1n) is 8.97. The summed E-state index contributed by atoms with van der Waals surface area (Å²) in [6.45, 7) is 1.15. The van der Waals surface area contributed by atoms with Gasteiger partial charge in [-0.1, -0.05) is 12.1 Å². The summed E-state index contributed by atoms with van der Waals surface area (Å²) in [5.41, 5.74) is -2.04. The number of pyridine rings is 1. The fraction of sp³-hybridized carbons (Fsp3) is 0.190. The predicted octanol–water partition coefficient (Wildman–Crippen LogP) is 5.16. The minimum Gasteiger partial charge on any atom is -0.461 e. The number of hydrogen-bond donors (Lipinski definition) is 1. The lowest BCUT2D eigenvalue weighted by Gasteiger charge is -2.18. The summed E-state index contributed by atoms with van der Waals surface area (Å²) in [6, 6.07) is 8.44. The Morgan fingerprint density at radius 2 is 1.77 bits per heavy atom. The quantitative estimate of drug-likeness (QED) is 0.441. The number of nitrogens with zero attached hydrogens (tertiary/aromatic N) is 1. The highest BCUT2D eigenvalue weighted by Gasteiger charge is 2.44. The van der Waals surface area contributed by atoms with Crippen LogP contribution in [0.4, 0.5) is 27.6 Å². The van der Waals surface area contributed by atoms with Crippen molar-refractivity contribution in [1.82, 2.24) is 4.98 Å². The lowest BCUT2D eigenvalue weighted by Crippen LogP contribution is -2.28. The number of carbonyl (C=O) groups excluding carboxylic acids is 2. The van der Waals surface area contributed by atoms with E-state index in [4.69, 9.17) is 0 Å². The van der Waals surface area contributed by atoms with Crippen molar-refractivity contribution in [3.8, 4) is 0 Å². The molecule has 1 aromatic heterocycles. The maximum Gasteiger partial charge on any atom is 0.416 e. The van der Waals surface area contributed by atoms with Crippen molar-refractivity contribution in [3.63, 3.8) is 0 Å². The van der Waals surface area contributed by atoms with Crippen molar-refractivity contribution in [3.05, 3.63) is 71.4 Å². The van der Waals surface area contributed by atoms with Crippen LogP contribution in [0.5, 0.6) is 0 Å². The minimum absolute atomic E-state index is 0.0126. The molecule has 10 heteroatoms. The molecule has 162 valence electrons. The fourth-order valence-electron chi connectivity index (χ4n) is 2.91. The van der Waals surface area contributed by atoms with Gasteiger partial charge in [0.05, 0.1) is 23.4 Å². The highest BCUT2D eigenvalue weighted by Crippen LogP contribution is 2.37. The van der Waals surface area contributed by atoms with Crippen LogP contribution >= 0.6 is 0 Å². The molecule has 5 nitrogen and oxygen atoms in total. The van der Waals surface area contributed by atoms with Crippen molar-refractivity contribution in [2.24, 2.45) is 0 Å². The van der Waals surface area contributed by atoms with Crippen molar-refractivity contribution in [1.29, 1.82) is 0 Å². The standard InChI is InChI=1S/C21H15F5N2O3/c1-2-31-19(30)20(22,23)15-8-9-16(17-14(15)7-4-10-27-17)28-18(29)12-5-3-6-13(11-12)21(24,25)26/h3-11H,2H2,1H3,(H,28,29). The van der Waals surface area contributed by atoms with E-state index < -0.39 is 35.1 Å². The third-order valence-corrected chi connectivity index (χ3v) is 4.34. The molecule has 3 rings (SSSR count). The zero-order valence-corrected chi connectivity index (χ0v) is 16.0. The van der Waals surface area contributed by atoms with Crippen LogP contribution in [0, 0.1) is 0 Å². The van der Waals surface area contributed by atoms with Crippen molar-refractivity contribution in [2.45, 2.75) is 19.0 Å². The van der Waals surface area contributed by atoms with Gasteiger partial charge in [-0.2, -0.15) is 22.0 Å². The van der Waals surface area contributed by atoms with Gasteiger partial charge in [0, 0.05) is 22.7 Å². The van der Waals surface area contributed by atoms with E-state index in [0.29, 0.717) is 6.07 Å². The van der Waals surface area contributed by atoms with Gasteiger partial charge in [0.2, 0.25) is 0 Å². The summed E-state index contributed by atoms with van der Waals surface area (Å²) in [5.74, 6) is -6.59. The number of anilines is 1. The average molecular weight is 438 g/mol. The maximum atomic E-state index is 14.6. The van der Waals surface area contributed by atoms with Gasteiger partial charge in [0.15, 0.2) is 0 Å². The molecule has 0 unspecified atom stereocenters. The second kappa shape index (κ2) is 8.29. The SMILES string of the molecule is CCOC(=O)C(F)(F)c1ccc(NC(=O)c2cccc(C(F)(F)F)c2)c2ncccc12. The van der Waals surface area contributed by atoms with E-state index in [-0.39, 0.29) is 28.8 Å². The fourth-order valence-corrected chi connectivity index (χ4v) is 2.91. The Hall–Kier alpha value is -3.56. The Morgan fingerprint density at radius 3 is 2.45 bits per heavy atom. The molecule has 1 amide bonds. The monoisotopic (exact) mass is 438 g/mol. The van der Waals surface area contributed by atoms with Gasteiger partial charge in [-0.15, -0.1) is 0 Å². The molecule has 0 saturated heterocycles. The molecule has 2 aromatic carbocycles. The van der Waals surface area contributed by atoms with Crippen LogP contribution in [0.2, 0.25) is 0 Å². The van der Waals surface area contributed by atoms with Crippen LogP contribution in [0.1, 0.15) is 28.4 Å². The van der Waals surface area contributed by atoms with Gasteiger partial charge in [-0.3, -0.25) is 9.78 Å². The molecule has 0 radical (unpaired) electrons. The summed E-state index contributed by atoms with van der Waals surface area (Å²) < 4.78 is 72.3. The first-order valence-corrected chi connectivity index (χ1v) is 8.97. The summed E-state index contributed by atoms with van der Waals surface area (Å²) >= 11 is 0.